The maximum absolute atomic E-state index is 5.06. The van der Waals surface area contributed by atoms with Crippen LogP contribution < -0.4 is 14.8 Å². The number of anilines is 2. The molecule has 2 rings (SSSR count). The highest BCUT2D eigenvalue weighted by Gasteiger charge is 2.06. The Hall–Kier alpha value is -1.89. The molecule has 2 heterocycles. The molecule has 18 heavy (non-hydrogen) atoms. The zero-order chi connectivity index (χ0) is 13.0. The first-order valence-electron chi connectivity index (χ1n) is 5.07. The Bertz CT molecular complexity index is 511. The predicted octanol–water partition coefficient (Wildman–Crippen LogP) is 2.39. The summed E-state index contributed by atoms with van der Waals surface area (Å²) < 4.78 is 11.0. The third kappa shape index (κ3) is 3.07. The van der Waals surface area contributed by atoms with Crippen molar-refractivity contribution in [2.24, 2.45) is 0 Å². The van der Waals surface area contributed by atoms with Crippen LogP contribution in [-0.4, -0.2) is 29.2 Å². The SMILES string of the molecule is COc1cc(OC)nc(Nc2ccc(Br)cn2)n1. The molecule has 2 aromatic heterocycles. The zero-order valence-electron chi connectivity index (χ0n) is 9.85. The molecule has 6 nitrogen and oxygen atoms in total. The number of methoxy groups -OCH3 is 2. The normalized spacial score (nSPS) is 9.94. The Morgan fingerprint density at radius 2 is 1.78 bits per heavy atom. The molecule has 1 N–H and O–H groups in total. The van der Waals surface area contributed by atoms with Crippen LogP contribution in [0.25, 0.3) is 0 Å². The van der Waals surface area contributed by atoms with E-state index in [1.54, 1.807) is 18.3 Å². The molecule has 7 heteroatoms. The number of aromatic nitrogens is 3. The number of hydrogen-bond donors (Lipinski definition) is 1. The molecule has 0 aliphatic rings. The number of hydrogen-bond acceptors (Lipinski definition) is 6. The lowest BCUT2D eigenvalue weighted by Crippen LogP contribution is -2.02. The quantitative estimate of drug-likeness (QED) is 0.935. The molecular weight excluding hydrogens is 300 g/mol. The molecule has 0 unspecified atom stereocenters. The summed E-state index contributed by atoms with van der Waals surface area (Å²) in [5.74, 6) is 1.83. The smallest absolute Gasteiger partial charge is 0.235 e. The van der Waals surface area contributed by atoms with Gasteiger partial charge in [0.2, 0.25) is 17.7 Å². The van der Waals surface area contributed by atoms with Gasteiger partial charge in [-0.3, -0.25) is 0 Å². The van der Waals surface area contributed by atoms with E-state index in [1.165, 1.54) is 14.2 Å². The highest BCUT2D eigenvalue weighted by molar-refractivity contribution is 9.10. The summed E-state index contributed by atoms with van der Waals surface area (Å²) in [4.78, 5) is 12.4. The molecule has 0 saturated heterocycles. The van der Waals surface area contributed by atoms with Gasteiger partial charge in [-0.15, -0.1) is 0 Å². The fraction of sp³-hybridized carbons (Fsp3) is 0.182. The largest absolute Gasteiger partial charge is 0.481 e. The molecule has 0 radical (unpaired) electrons. The summed E-state index contributed by atoms with van der Waals surface area (Å²) in [5.41, 5.74) is 0. The highest BCUT2D eigenvalue weighted by atomic mass is 79.9. The molecule has 0 amide bonds. The second kappa shape index (κ2) is 5.63. The van der Waals surface area contributed by atoms with Gasteiger partial charge in [0.25, 0.3) is 0 Å². The lowest BCUT2D eigenvalue weighted by Gasteiger charge is -2.07. The summed E-state index contributed by atoms with van der Waals surface area (Å²) in [7, 11) is 3.06. The minimum Gasteiger partial charge on any atom is -0.481 e. The van der Waals surface area contributed by atoms with Gasteiger partial charge in [0.15, 0.2) is 0 Å². The summed E-state index contributed by atoms with van der Waals surface area (Å²) in [6.45, 7) is 0. The van der Waals surface area contributed by atoms with Gasteiger partial charge in [0.1, 0.15) is 5.82 Å². The van der Waals surface area contributed by atoms with Crippen LogP contribution in [0.5, 0.6) is 11.8 Å². The monoisotopic (exact) mass is 310 g/mol. The van der Waals surface area contributed by atoms with E-state index in [2.05, 4.69) is 36.2 Å². The average molecular weight is 311 g/mol. The van der Waals surface area contributed by atoms with E-state index in [0.717, 1.165) is 4.47 Å². The van der Waals surface area contributed by atoms with E-state index in [-0.39, 0.29) is 0 Å². The summed E-state index contributed by atoms with van der Waals surface area (Å²) in [5, 5.41) is 2.97. The number of nitrogens with one attached hydrogen (secondary N) is 1. The lowest BCUT2D eigenvalue weighted by atomic mass is 10.4. The van der Waals surface area contributed by atoms with Crippen LogP contribution in [0.3, 0.4) is 0 Å². The van der Waals surface area contributed by atoms with Crippen LogP contribution in [0.2, 0.25) is 0 Å². The van der Waals surface area contributed by atoms with Gasteiger partial charge in [0.05, 0.1) is 20.3 Å². The number of halogens is 1. The van der Waals surface area contributed by atoms with Crippen molar-refractivity contribution in [2.75, 3.05) is 19.5 Å². The van der Waals surface area contributed by atoms with Gasteiger partial charge in [-0.25, -0.2) is 4.98 Å². The van der Waals surface area contributed by atoms with Crippen molar-refractivity contribution in [1.82, 2.24) is 15.0 Å². The molecular formula is C11H11BrN4O2. The van der Waals surface area contributed by atoms with E-state index in [0.29, 0.717) is 23.5 Å². The molecule has 94 valence electrons. The number of pyridine rings is 1. The molecule has 0 aliphatic heterocycles. The Morgan fingerprint density at radius 3 is 2.28 bits per heavy atom. The van der Waals surface area contributed by atoms with Crippen molar-refractivity contribution in [3.05, 3.63) is 28.9 Å². The number of ether oxygens (including phenoxy) is 2. The molecule has 0 bridgehead atoms. The number of rotatable bonds is 4. The molecule has 0 aliphatic carbocycles. The Kier molecular flexibility index (Phi) is 3.93. The topological polar surface area (TPSA) is 69.2 Å². The van der Waals surface area contributed by atoms with Crippen molar-refractivity contribution in [2.45, 2.75) is 0 Å². The van der Waals surface area contributed by atoms with Crippen molar-refractivity contribution in [1.29, 1.82) is 0 Å². The molecule has 0 fully saturated rings. The maximum atomic E-state index is 5.06. The molecule has 0 atom stereocenters. The first-order valence-corrected chi connectivity index (χ1v) is 5.86. The minimum absolute atomic E-state index is 0.362. The number of nitrogens with zero attached hydrogens (tertiary/aromatic N) is 3. The minimum atomic E-state index is 0.362. The molecule has 0 saturated carbocycles. The van der Waals surface area contributed by atoms with Gasteiger partial charge in [-0.05, 0) is 28.1 Å². The predicted molar refractivity (Wildman–Crippen MR) is 70.4 cm³/mol. The fourth-order valence-electron chi connectivity index (χ4n) is 1.23. The van der Waals surface area contributed by atoms with Crippen molar-refractivity contribution in [3.8, 4) is 11.8 Å². The second-order valence-corrected chi connectivity index (χ2v) is 4.18. The van der Waals surface area contributed by atoms with Gasteiger partial charge in [-0.1, -0.05) is 0 Å². The third-order valence-corrected chi connectivity index (χ3v) is 2.53. The Labute approximate surface area is 113 Å². The average Bonchev–Trinajstić information content (AvgIpc) is 2.41. The van der Waals surface area contributed by atoms with E-state index < -0.39 is 0 Å². The Morgan fingerprint density at radius 1 is 1.11 bits per heavy atom. The van der Waals surface area contributed by atoms with E-state index in [4.69, 9.17) is 9.47 Å². The zero-order valence-corrected chi connectivity index (χ0v) is 11.4. The maximum Gasteiger partial charge on any atom is 0.235 e. The van der Waals surface area contributed by atoms with Gasteiger partial charge < -0.3 is 14.8 Å². The standard InChI is InChI=1S/C11H11BrN4O2/c1-17-9-5-10(18-2)16-11(15-9)14-8-4-3-7(12)6-13-8/h3-6H,1-2H3,(H,13,14,15,16). The van der Waals surface area contributed by atoms with Gasteiger partial charge in [0, 0.05) is 10.7 Å². The summed E-state index contributed by atoms with van der Waals surface area (Å²) in [6, 6.07) is 5.27. The molecule has 2 aromatic rings. The molecule has 0 spiro atoms. The van der Waals surface area contributed by atoms with Crippen LogP contribution in [0, 0.1) is 0 Å². The first-order chi connectivity index (χ1) is 8.71. The van der Waals surface area contributed by atoms with E-state index >= 15 is 0 Å². The lowest BCUT2D eigenvalue weighted by molar-refractivity contribution is 0.373. The second-order valence-electron chi connectivity index (χ2n) is 3.26. The van der Waals surface area contributed by atoms with Crippen LogP contribution >= 0.6 is 15.9 Å². The van der Waals surface area contributed by atoms with E-state index in [1.807, 2.05) is 6.07 Å². The van der Waals surface area contributed by atoms with E-state index in [9.17, 15) is 0 Å². The summed E-state index contributed by atoms with van der Waals surface area (Å²) >= 11 is 3.31. The van der Waals surface area contributed by atoms with Crippen LogP contribution in [-0.2, 0) is 0 Å². The Balaban J connectivity index is 2.25. The molecule has 0 aromatic carbocycles. The third-order valence-electron chi connectivity index (χ3n) is 2.06. The summed E-state index contributed by atoms with van der Waals surface area (Å²) in [6.07, 6.45) is 1.68. The van der Waals surface area contributed by atoms with Crippen LogP contribution in [0.4, 0.5) is 11.8 Å². The van der Waals surface area contributed by atoms with Crippen molar-refractivity contribution in [3.63, 3.8) is 0 Å². The van der Waals surface area contributed by atoms with Crippen molar-refractivity contribution < 1.29 is 9.47 Å². The first kappa shape index (κ1) is 12.6. The fourth-order valence-corrected chi connectivity index (χ4v) is 1.47. The van der Waals surface area contributed by atoms with Crippen LogP contribution in [0.15, 0.2) is 28.9 Å². The van der Waals surface area contributed by atoms with Gasteiger partial charge >= 0.3 is 0 Å². The van der Waals surface area contributed by atoms with Crippen LogP contribution in [0.1, 0.15) is 0 Å². The van der Waals surface area contributed by atoms with Gasteiger partial charge in [-0.2, -0.15) is 9.97 Å². The van der Waals surface area contributed by atoms with Crippen molar-refractivity contribution >= 4 is 27.7 Å². The highest BCUT2D eigenvalue weighted by Crippen LogP contribution is 2.20.